The molecule has 0 aliphatic heterocycles. The van der Waals surface area contributed by atoms with Crippen LogP contribution in [0.5, 0.6) is 0 Å². The molecule has 0 aliphatic rings. The summed E-state index contributed by atoms with van der Waals surface area (Å²) in [5.41, 5.74) is 1.13. The van der Waals surface area contributed by atoms with Gasteiger partial charge in [0, 0.05) is 22.6 Å². The second kappa shape index (κ2) is 6.41. The number of hydrogen-bond acceptors (Lipinski definition) is 1. The monoisotopic (exact) mass is 343 g/mol. The highest BCUT2D eigenvalue weighted by molar-refractivity contribution is 9.10. The van der Waals surface area contributed by atoms with Crippen molar-refractivity contribution < 1.29 is 13.2 Å². The SMILES string of the molecule is CC(NCc1ccc(F)c(F)c1)c1ccc(Br)cc1F. The van der Waals surface area contributed by atoms with Gasteiger partial charge in [0.05, 0.1) is 0 Å². The smallest absolute Gasteiger partial charge is 0.159 e. The van der Waals surface area contributed by atoms with Crippen LogP contribution in [0.3, 0.4) is 0 Å². The van der Waals surface area contributed by atoms with Gasteiger partial charge < -0.3 is 5.32 Å². The van der Waals surface area contributed by atoms with Crippen molar-refractivity contribution in [2.75, 3.05) is 0 Å². The third kappa shape index (κ3) is 3.61. The number of nitrogens with one attached hydrogen (secondary N) is 1. The van der Waals surface area contributed by atoms with Gasteiger partial charge in [-0.3, -0.25) is 0 Å². The Bertz CT molecular complexity index is 616. The second-order valence-electron chi connectivity index (χ2n) is 4.52. The highest BCUT2D eigenvalue weighted by atomic mass is 79.9. The summed E-state index contributed by atoms with van der Waals surface area (Å²) in [7, 11) is 0. The van der Waals surface area contributed by atoms with Crippen LogP contribution in [0.25, 0.3) is 0 Å². The predicted molar refractivity (Wildman–Crippen MR) is 75.7 cm³/mol. The molecular formula is C15H13BrF3N. The van der Waals surface area contributed by atoms with Crippen molar-refractivity contribution in [1.82, 2.24) is 5.32 Å². The van der Waals surface area contributed by atoms with Crippen LogP contribution in [0.1, 0.15) is 24.1 Å². The first-order valence-corrected chi connectivity index (χ1v) is 6.89. The first-order chi connectivity index (χ1) is 9.47. The first kappa shape index (κ1) is 15.1. The average molecular weight is 344 g/mol. The van der Waals surface area contributed by atoms with E-state index in [1.165, 1.54) is 12.1 Å². The van der Waals surface area contributed by atoms with Gasteiger partial charge in [0.25, 0.3) is 0 Å². The fraction of sp³-hybridized carbons (Fsp3) is 0.200. The molecule has 2 aromatic carbocycles. The lowest BCUT2D eigenvalue weighted by atomic mass is 10.1. The van der Waals surface area contributed by atoms with Crippen molar-refractivity contribution >= 4 is 15.9 Å². The standard InChI is InChI=1S/C15H13BrF3N/c1-9(12-4-3-11(16)7-14(12)18)20-8-10-2-5-13(17)15(19)6-10/h2-7,9,20H,8H2,1H3. The van der Waals surface area contributed by atoms with Gasteiger partial charge in [0.1, 0.15) is 5.82 Å². The molecule has 2 aromatic rings. The maximum atomic E-state index is 13.8. The molecule has 0 radical (unpaired) electrons. The lowest BCUT2D eigenvalue weighted by Crippen LogP contribution is -2.19. The molecule has 1 N–H and O–H groups in total. The minimum absolute atomic E-state index is 0.240. The molecule has 0 saturated carbocycles. The van der Waals surface area contributed by atoms with Crippen LogP contribution in [0.2, 0.25) is 0 Å². The van der Waals surface area contributed by atoms with E-state index in [1.54, 1.807) is 12.1 Å². The van der Waals surface area contributed by atoms with Crippen LogP contribution < -0.4 is 5.32 Å². The zero-order valence-electron chi connectivity index (χ0n) is 10.8. The Morgan fingerprint density at radius 3 is 2.40 bits per heavy atom. The Balaban J connectivity index is 2.04. The molecule has 1 unspecified atom stereocenters. The van der Waals surface area contributed by atoms with Crippen molar-refractivity contribution in [1.29, 1.82) is 0 Å². The topological polar surface area (TPSA) is 12.0 Å². The molecule has 20 heavy (non-hydrogen) atoms. The van der Waals surface area contributed by atoms with Gasteiger partial charge >= 0.3 is 0 Å². The molecule has 0 aliphatic carbocycles. The predicted octanol–water partition coefficient (Wildman–Crippen LogP) is 4.72. The van der Waals surface area contributed by atoms with Crippen LogP contribution in [0, 0.1) is 17.5 Å². The summed E-state index contributed by atoms with van der Waals surface area (Å²) in [5, 5.41) is 3.08. The number of benzene rings is 2. The highest BCUT2D eigenvalue weighted by Crippen LogP contribution is 2.21. The van der Waals surface area contributed by atoms with E-state index in [0.717, 1.165) is 12.1 Å². The molecule has 5 heteroatoms. The van der Waals surface area contributed by atoms with Crippen molar-refractivity contribution in [2.24, 2.45) is 0 Å². The fourth-order valence-electron chi connectivity index (χ4n) is 1.88. The summed E-state index contributed by atoms with van der Waals surface area (Å²) in [6.07, 6.45) is 0. The second-order valence-corrected chi connectivity index (χ2v) is 5.43. The Hall–Kier alpha value is -1.33. The summed E-state index contributed by atoms with van der Waals surface area (Å²) in [4.78, 5) is 0. The maximum absolute atomic E-state index is 13.8. The number of halogens is 4. The Labute approximate surface area is 123 Å². The molecule has 0 aromatic heterocycles. The number of hydrogen-bond donors (Lipinski definition) is 1. The van der Waals surface area contributed by atoms with E-state index in [4.69, 9.17) is 0 Å². The lowest BCUT2D eigenvalue weighted by molar-refractivity contribution is 0.501. The number of rotatable bonds is 4. The van der Waals surface area contributed by atoms with Gasteiger partial charge in [-0.1, -0.05) is 28.1 Å². The highest BCUT2D eigenvalue weighted by Gasteiger charge is 2.11. The van der Waals surface area contributed by atoms with Crippen molar-refractivity contribution in [3.8, 4) is 0 Å². The summed E-state index contributed by atoms with van der Waals surface area (Å²) in [6, 6.07) is 8.30. The molecule has 1 nitrogen and oxygen atoms in total. The van der Waals surface area contributed by atoms with E-state index in [9.17, 15) is 13.2 Å². The molecule has 0 spiro atoms. The third-order valence-electron chi connectivity index (χ3n) is 3.03. The van der Waals surface area contributed by atoms with Crippen molar-refractivity contribution in [2.45, 2.75) is 19.5 Å². The van der Waals surface area contributed by atoms with Crippen molar-refractivity contribution in [3.05, 3.63) is 69.4 Å². The van der Waals surface area contributed by atoms with Gasteiger partial charge in [-0.2, -0.15) is 0 Å². The fourth-order valence-corrected chi connectivity index (χ4v) is 2.22. The summed E-state index contributed by atoms with van der Waals surface area (Å²) in [6.45, 7) is 2.14. The molecule has 0 amide bonds. The van der Waals surface area contributed by atoms with Gasteiger partial charge in [-0.15, -0.1) is 0 Å². The molecule has 0 fully saturated rings. The van der Waals surface area contributed by atoms with Crippen LogP contribution in [-0.4, -0.2) is 0 Å². The van der Waals surface area contributed by atoms with E-state index >= 15 is 0 Å². The first-order valence-electron chi connectivity index (χ1n) is 6.09. The Kier molecular flexibility index (Phi) is 4.83. The quantitative estimate of drug-likeness (QED) is 0.847. The average Bonchev–Trinajstić information content (AvgIpc) is 2.40. The molecule has 0 heterocycles. The zero-order chi connectivity index (χ0) is 14.7. The van der Waals surface area contributed by atoms with E-state index in [0.29, 0.717) is 22.1 Å². The van der Waals surface area contributed by atoms with Crippen LogP contribution in [-0.2, 0) is 6.54 Å². The lowest BCUT2D eigenvalue weighted by Gasteiger charge is -2.15. The van der Waals surface area contributed by atoms with Gasteiger partial charge in [0.15, 0.2) is 11.6 Å². The van der Waals surface area contributed by atoms with Crippen LogP contribution in [0.15, 0.2) is 40.9 Å². The minimum atomic E-state index is -0.883. The van der Waals surface area contributed by atoms with Crippen LogP contribution >= 0.6 is 15.9 Å². The molecule has 2 rings (SSSR count). The molecule has 106 valence electrons. The largest absolute Gasteiger partial charge is 0.306 e. The maximum Gasteiger partial charge on any atom is 0.159 e. The molecular weight excluding hydrogens is 331 g/mol. The normalized spacial score (nSPS) is 12.4. The summed E-state index contributed by atoms with van der Waals surface area (Å²) < 4.78 is 40.3. The van der Waals surface area contributed by atoms with E-state index in [1.807, 2.05) is 6.92 Å². The van der Waals surface area contributed by atoms with Gasteiger partial charge in [0.2, 0.25) is 0 Å². The third-order valence-corrected chi connectivity index (χ3v) is 3.52. The summed E-state index contributed by atoms with van der Waals surface area (Å²) in [5.74, 6) is -2.07. The zero-order valence-corrected chi connectivity index (χ0v) is 12.3. The Morgan fingerprint density at radius 2 is 1.75 bits per heavy atom. The molecule has 0 saturated heterocycles. The van der Waals surface area contributed by atoms with E-state index in [2.05, 4.69) is 21.2 Å². The summed E-state index contributed by atoms with van der Waals surface area (Å²) >= 11 is 3.20. The minimum Gasteiger partial charge on any atom is -0.306 e. The molecule has 1 atom stereocenters. The van der Waals surface area contributed by atoms with Gasteiger partial charge in [-0.05, 0) is 36.8 Å². The van der Waals surface area contributed by atoms with Crippen molar-refractivity contribution in [3.63, 3.8) is 0 Å². The van der Waals surface area contributed by atoms with E-state index in [-0.39, 0.29) is 11.9 Å². The van der Waals surface area contributed by atoms with Gasteiger partial charge in [-0.25, -0.2) is 13.2 Å². The Morgan fingerprint density at radius 1 is 1.00 bits per heavy atom. The van der Waals surface area contributed by atoms with E-state index < -0.39 is 11.6 Å². The molecule has 0 bridgehead atoms. The van der Waals surface area contributed by atoms with Crippen LogP contribution in [0.4, 0.5) is 13.2 Å².